The number of hydrogen-bond donors (Lipinski definition) is 1. The van der Waals surface area contributed by atoms with E-state index in [1.54, 1.807) is 0 Å². The molecule has 1 aromatic heterocycles. The second kappa shape index (κ2) is 5.46. The highest BCUT2D eigenvalue weighted by Gasteiger charge is 2.31. The van der Waals surface area contributed by atoms with Gasteiger partial charge >= 0.3 is 0 Å². The summed E-state index contributed by atoms with van der Waals surface area (Å²) in [4.78, 5) is 12.2. The quantitative estimate of drug-likeness (QED) is 0.922. The van der Waals surface area contributed by atoms with Gasteiger partial charge in [-0.2, -0.15) is 5.59 Å². The SMILES string of the molecule is CC[C@H]1ONN=C1N1CCc2nc(-c3ccccc3)oc2C1. The van der Waals surface area contributed by atoms with E-state index >= 15 is 0 Å². The predicted octanol–water partition coefficient (Wildman–Crippen LogP) is 2.33. The van der Waals surface area contributed by atoms with Crippen molar-refractivity contribution in [2.75, 3.05) is 6.54 Å². The van der Waals surface area contributed by atoms with Gasteiger partial charge in [0.2, 0.25) is 5.89 Å². The van der Waals surface area contributed by atoms with Gasteiger partial charge in [0.05, 0.1) is 12.2 Å². The molecule has 0 saturated heterocycles. The first-order valence-electron chi connectivity index (χ1n) is 7.62. The molecule has 0 fully saturated rings. The summed E-state index contributed by atoms with van der Waals surface area (Å²) in [6, 6.07) is 10.0. The topological polar surface area (TPSA) is 62.9 Å². The van der Waals surface area contributed by atoms with Gasteiger partial charge in [-0.15, -0.1) is 5.10 Å². The number of hydrogen-bond acceptors (Lipinski definition) is 6. The minimum Gasteiger partial charge on any atom is -0.439 e. The Labute approximate surface area is 128 Å². The van der Waals surface area contributed by atoms with Gasteiger partial charge in [-0.05, 0) is 18.6 Å². The Hall–Kier alpha value is -2.34. The summed E-state index contributed by atoms with van der Waals surface area (Å²) >= 11 is 0. The summed E-state index contributed by atoms with van der Waals surface area (Å²) in [6.07, 6.45) is 1.76. The Morgan fingerprint density at radius 2 is 2.18 bits per heavy atom. The Balaban J connectivity index is 1.58. The van der Waals surface area contributed by atoms with Crippen LogP contribution in [-0.2, 0) is 17.8 Å². The van der Waals surface area contributed by atoms with Crippen LogP contribution < -0.4 is 5.59 Å². The van der Waals surface area contributed by atoms with E-state index in [4.69, 9.17) is 9.25 Å². The minimum absolute atomic E-state index is 0.0121. The maximum atomic E-state index is 5.98. The molecule has 6 heteroatoms. The van der Waals surface area contributed by atoms with Gasteiger partial charge in [0, 0.05) is 18.5 Å². The van der Waals surface area contributed by atoms with Gasteiger partial charge in [0.1, 0.15) is 11.9 Å². The smallest absolute Gasteiger partial charge is 0.226 e. The number of aromatic nitrogens is 1. The van der Waals surface area contributed by atoms with Gasteiger partial charge in [0.25, 0.3) is 0 Å². The molecule has 114 valence electrons. The van der Waals surface area contributed by atoms with Crippen LogP contribution in [0.1, 0.15) is 24.8 Å². The Bertz CT molecular complexity index is 695. The summed E-state index contributed by atoms with van der Waals surface area (Å²) in [7, 11) is 0. The molecule has 0 bridgehead atoms. The van der Waals surface area contributed by atoms with E-state index in [0.717, 1.165) is 42.2 Å². The van der Waals surface area contributed by atoms with Crippen molar-refractivity contribution < 1.29 is 9.25 Å². The first-order valence-corrected chi connectivity index (χ1v) is 7.62. The third-order valence-electron chi connectivity index (χ3n) is 4.09. The molecule has 3 heterocycles. The highest BCUT2D eigenvalue weighted by Crippen LogP contribution is 2.27. The van der Waals surface area contributed by atoms with E-state index in [1.165, 1.54) is 0 Å². The number of nitrogens with zero attached hydrogens (tertiary/aromatic N) is 3. The fourth-order valence-corrected chi connectivity index (χ4v) is 2.90. The predicted molar refractivity (Wildman–Crippen MR) is 81.8 cm³/mol. The Kier molecular flexibility index (Phi) is 3.31. The lowest BCUT2D eigenvalue weighted by Gasteiger charge is -2.28. The fraction of sp³-hybridized carbons (Fsp3) is 0.375. The minimum atomic E-state index is 0.0121. The zero-order valence-corrected chi connectivity index (χ0v) is 12.5. The molecule has 0 amide bonds. The molecule has 0 radical (unpaired) electrons. The van der Waals surface area contributed by atoms with E-state index in [2.05, 4.69) is 27.5 Å². The molecule has 1 aromatic carbocycles. The van der Waals surface area contributed by atoms with Gasteiger partial charge in [-0.1, -0.05) is 25.1 Å². The lowest BCUT2D eigenvalue weighted by Crippen LogP contribution is -2.40. The van der Waals surface area contributed by atoms with Gasteiger partial charge in [-0.3, -0.25) is 0 Å². The molecule has 6 nitrogen and oxygen atoms in total. The molecular formula is C16H18N4O2. The molecule has 1 N–H and O–H groups in total. The van der Waals surface area contributed by atoms with Crippen LogP contribution >= 0.6 is 0 Å². The number of nitrogens with one attached hydrogen (secondary N) is 1. The number of benzene rings is 1. The van der Waals surface area contributed by atoms with Crippen LogP contribution in [0.5, 0.6) is 0 Å². The lowest BCUT2D eigenvalue weighted by molar-refractivity contribution is 0.0303. The van der Waals surface area contributed by atoms with E-state index in [1.807, 2.05) is 30.3 Å². The summed E-state index contributed by atoms with van der Waals surface area (Å²) in [5.74, 6) is 2.57. The third kappa shape index (κ3) is 2.25. The molecule has 0 aliphatic carbocycles. The van der Waals surface area contributed by atoms with Crippen molar-refractivity contribution in [1.29, 1.82) is 0 Å². The largest absolute Gasteiger partial charge is 0.439 e. The van der Waals surface area contributed by atoms with Crippen LogP contribution in [0.3, 0.4) is 0 Å². The molecule has 0 spiro atoms. The highest BCUT2D eigenvalue weighted by atomic mass is 16.7. The molecule has 4 rings (SSSR count). The number of hydrazone groups is 1. The number of rotatable bonds is 2. The third-order valence-corrected chi connectivity index (χ3v) is 4.09. The second-order valence-electron chi connectivity index (χ2n) is 5.50. The van der Waals surface area contributed by atoms with Gasteiger partial charge in [0.15, 0.2) is 5.84 Å². The molecule has 2 aromatic rings. The fourth-order valence-electron chi connectivity index (χ4n) is 2.90. The van der Waals surface area contributed by atoms with Crippen LogP contribution in [0.15, 0.2) is 39.9 Å². The van der Waals surface area contributed by atoms with Gasteiger partial charge < -0.3 is 9.32 Å². The Morgan fingerprint density at radius 3 is 3.00 bits per heavy atom. The maximum Gasteiger partial charge on any atom is 0.226 e. The molecule has 22 heavy (non-hydrogen) atoms. The van der Waals surface area contributed by atoms with Crippen molar-refractivity contribution in [3.8, 4) is 11.5 Å². The normalized spacial score (nSPS) is 20.5. The van der Waals surface area contributed by atoms with Crippen molar-refractivity contribution >= 4 is 5.84 Å². The summed E-state index contributed by atoms with van der Waals surface area (Å²) in [6.45, 7) is 3.66. The van der Waals surface area contributed by atoms with Crippen LogP contribution in [-0.4, -0.2) is 28.4 Å². The maximum absolute atomic E-state index is 5.98. The summed E-state index contributed by atoms with van der Waals surface area (Å²) < 4.78 is 5.98. The summed E-state index contributed by atoms with van der Waals surface area (Å²) in [5.41, 5.74) is 4.69. The van der Waals surface area contributed by atoms with Crippen molar-refractivity contribution in [3.05, 3.63) is 41.8 Å². The molecule has 1 atom stereocenters. The molecular weight excluding hydrogens is 280 g/mol. The van der Waals surface area contributed by atoms with Crippen LogP contribution in [0.2, 0.25) is 0 Å². The first kappa shape index (κ1) is 13.3. The first-order chi connectivity index (χ1) is 10.8. The van der Waals surface area contributed by atoms with Crippen molar-refractivity contribution in [1.82, 2.24) is 15.5 Å². The zero-order chi connectivity index (χ0) is 14.9. The standard InChI is InChI=1S/C16H18N4O2/c1-2-13-15(18-19-22-13)20-9-8-12-14(10-20)21-16(17-12)11-6-4-3-5-7-11/h3-7,13,19H,2,8-10H2,1H3/t13-/m1/s1. The highest BCUT2D eigenvalue weighted by molar-refractivity contribution is 5.87. The molecule has 2 aliphatic rings. The Morgan fingerprint density at radius 1 is 1.32 bits per heavy atom. The van der Waals surface area contributed by atoms with E-state index in [0.29, 0.717) is 12.4 Å². The van der Waals surface area contributed by atoms with E-state index in [-0.39, 0.29) is 6.10 Å². The van der Waals surface area contributed by atoms with Crippen LogP contribution in [0, 0.1) is 0 Å². The molecule has 2 aliphatic heterocycles. The van der Waals surface area contributed by atoms with E-state index in [9.17, 15) is 0 Å². The molecule has 0 saturated carbocycles. The van der Waals surface area contributed by atoms with Crippen LogP contribution in [0.25, 0.3) is 11.5 Å². The van der Waals surface area contributed by atoms with Crippen molar-refractivity contribution in [2.24, 2.45) is 5.10 Å². The monoisotopic (exact) mass is 298 g/mol. The van der Waals surface area contributed by atoms with Crippen molar-refractivity contribution in [2.45, 2.75) is 32.4 Å². The molecule has 0 unspecified atom stereocenters. The second-order valence-corrected chi connectivity index (χ2v) is 5.50. The average Bonchev–Trinajstić information content (AvgIpc) is 3.21. The van der Waals surface area contributed by atoms with Crippen LogP contribution in [0.4, 0.5) is 0 Å². The summed E-state index contributed by atoms with van der Waals surface area (Å²) in [5, 5.41) is 4.26. The van der Waals surface area contributed by atoms with Crippen molar-refractivity contribution in [3.63, 3.8) is 0 Å². The van der Waals surface area contributed by atoms with Gasteiger partial charge in [-0.25, -0.2) is 9.82 Å². The number of amidine groups is 1. The number of fused-ring (bicyclic) bond motifs is 1. The number of oxazole rings is 1. The zero-order valence-electron chi connectivity index (χ0n) is 12.5. The lowest BCUT2D eigenvalue weighted by atomic mass is 10.1. The average molecular weight is 298 g/mol. The van der Waals surface area contributed by atoms with E-state index < -0.39 is 0 Å².